The van der Waals surface area contributed by atoms with Gasteiger partial charge in [0.25, 0.3) is 0 Å². The fourth-order valence-electron chi connectivity index (χ4n) is 4.38. The molecule has 2 aromatic carbocycles. The average Bonchev–Trinajstić information content (AvgIpc) is 3.53. The number of halogens is 2. The van der Waals surface area contributed by atoms with Gasteiger partial charge in [-0.15, -0.1) is 0 Å². The van der Waals surface area contributed by atoms with Crippen LogP contribution in [0.2, 0.25) is 10.0 Å². The van der Waals surface area contributed by atoms with Crippen LogP contribution in [0.3, 0.4) is 0 Å². The van der Waals surface area contributed by atoms with Gasteiger partial charge in [0.1, 0.15) is 6.61 Å². The fraction of sp³-hybridized carbons (Fsp3) is 0.320. The molecule has 1 saturated carbocycles. The molecular weight excluding hydrogens is 479 g/mol. The van der Waals surface area contributed by atoms with Crippen LogP contribution in [-0.2, 0) is 27.4 Å². The molecule has 2 N–H and O–H groups in total. The van der Waals surface area contributed by atoms with E-state index in [2.05, 4.69) is 4.98 Å². The largest absolute Gasteiger partial charge is 0.486 e. The fourth-order valence-corrected chi connectivity index (χ4v) is 5.02. The number of aryl methyl sites for hydroxylation is 1. The lowest BCUT2D eigenvalue weighted by Crippen LogP contribution is -2.30. The topological polar surface area (TPSA) is 97.8 Å². The highest BCUT2D eigenvalue weighted by atomic mass is 35.5. The van der Waals surface area contributed by atoms with Crippen molar-refractivity contribution in [1.29, 1.82) is 0 Å². The quantitative estimate of drug-likeness (QED) is 0.254. The van der Waals surface area contributed by atoms with Crippen molar-refractivity contribution >= 4 is 46.0 Å². The molecule has 1 aliphatic carbocycles. The molecule has 1 aromatic heterocycles. The SMILES string of the molecule is CCOC(=O)C1(Cc2cc(Cl)c(OCc3cc(C)nc4ccccc34)c(Cl)c2)CC1C(=O)NO. The molecule has 1 amide bonds. The van der Waals surface area contributed by atoms with Crippen LogP contribution in [-0.4, -0.2) is 28.7 Å². The van der Waals surface area contributed by atoms with Gasteiger partial charge in [-0.05, 0) is 56.5 Å². The van der Waals surface area contributed by atoms with E-state index in [0.29, 0.717) is 21.4 Å². The van der Waals surface area contributed by atoms with Crippen molar-refractivity contribution in [1.82, 2.24) is 10.5 Å². The number of esters is 1. The molecule has 0 aliphatic heterocycles. The summed E-state index contributed by atoms with van der Waals surface area (Å²) in [5, 5.41) is 10.6. The van der Waals surface area contributed by atoms with Crippen molar-refractivity contribution in [3.63, 3.8) is 0 Å². The third-order valence-corrected chi connectivity index (χ3v) is 6.63. The molecule has 9 heteroatoms. The van der Waals surface area contributed by atoms with E-state index in [4.69, 9.17) is 37.9 Å². The van der Waals surface area contributed by atoms with Crippen LogP contribution in [0.15, 0.2) is 42.5 Å². The summed E-state index contributed by atoms with van der Waals surface area (Å²) in [5.74, 6) is -1.47. The molecule has 0 spiro atoms. The second-order valence-electron chi connectivity index (χ2n) is 8.40. The molecule has 1 fully saturated rings. The lowest BCUT2D eigenvalue weighted by atomic mass is 9.93. The highest BCUT2D eigenvalue weighted by Crippen LogP contribution is 2.56. The van der Waals surface area contributed by atoms with Gasteiger partial charge >= 0.3 is 5.97 Å². The number of benzene rings is 2. The summed E-state index contributed by atoms with van der Waals surface area (Å²) in [6.45, 7) is 4.05. The van der Waals surface area contributed by atoms with Gasteiger partial charge in [0, 0.05) is 16.6 Å². The zero-order valence-electron chi connectivity index (χ0n) is 18.7. The number of carbonyl (C=O) groups is 2. The minimum Gasteiger partial charge on any atom is -0.486 e. The first-order chi connectivity index (χ1) is 16.3. The summed E-state index contributed by atoms with van der Waals surface area (Å²) in [6.07, 6.45) is 0.456. The van der Waals surface area contributed by atoms with Crippen LogP contribution in [0.1, 0.15) is 30.2 Å². The number of hydrogen-bond donors (Lipinski definition) is 2. The van der Waals surface area contributed by atoms with Gasteiger partial charge in [0.15, 0.2) is 5.75 Å². The maximum Gasteiger partial charge on any atom is 0.313 e. The van der Waals surface area contributed by atoms with Gasteiger partial charge in [0.2, 0.25) is 5.91 Å². The molecule has 2 unspecified atom stereocenters. The second-order valence-corrected chi connectivity index (χ2v) is 9.22. The van der Waals surface area contributed by atoms with E-state index in [1.165, 1.54) is 0 Å². The number of nitrogens with zero attached hydrogens (tertiary/aromatic N) is 1. The van der Waals surface area contributed by atoms with Crippen molar-refractivity contribution in [2.45, 2.75) is 33.3 Å². The minimum absolute atomic E-state index is 0.186. The monoisotopic (exact) mass is 502 g/mol. The number of para-hydroxylation sites is 1. The molecule has 2 atom stereocenters. The van der Waals surface area contributed by atoms with E-state index < -0.39 is 23.2 Å². The van der Waals surface area contributed by atoms with E-state index in [1.54, 1.807) is 24.5 Å². The molecule has 1 heterocycles. The number of hydroxylamine groups is 1. The van der Waals surface area contributed by atoms with Gasteiger partial charge in [-0.1, -0.05) is 41.4 Å². The zero-order chi connectivity index (χ0) is 24.5. The van der Waals surface area contributed by atoms with Crippen molar-refractivity contribution in [3.05, 3.63) is 69.3 Å². The van der Waals surface area contributed by atoms with Crippen molar-refractivity contribution in [2.75, 3.05) is 6.61 Å². The van der Waals surface area contributed by atoms with E-state index in [-0.39, 0.29) is 26.1 Å². The Hall–Kier alpha value is -2.87. The highest BCUT2D eigenvalue weighted by molar-refractivity contribution is 6.37. The smallest absolute Gasteiger partial charge is 0.313 e. The predicted molar refractivity (Wildman–Crippen MR) is 128 cm³/mol. The van der Waals surface area contributed by atoms with E-state index in [9.17, 15) is 9.59 Å². The number of rotatable bonds is 8. The van der Waals surface area contributed by atoms with Gasteiger partial charge in [-0.3, -0.25) is 19.8 Å². The number of carbonyl (C=O) groups excluding carboxylic acids is 2. The lowest BCUT2D eigenvalue weighted by Gasteiger charge is -2.18. The summed E-state index contributed by atoms with van der Waals surface area (Å²) in [5.41, 5.74) is 3.93. The Morgan fingerprint density at radius 1 is 1.21 bits per heavy atom. The minimum atomic E-state index is -1.06. The maximum atomic E-state index is 12.6. The summed E-state index contributed by atoms with van der Waals surface area (Å²) >= 11 is 13.0. The Labute approximate surface area is 206 Å². The summed E-state index contributed by atoms with van der Waals surface area (Å²) in [6, 6.07) is 13.1. The molecule has 4 rings (SSSR count). The Balaban J connectivity index is 1.56. The first-order valence-corrected chi connectivity index (χ1v) is 11.6. The molecule has 178 valence electrons. The van der Waals surface area contributed by atoms with Crippen LogP contribution in [0.5, 0.6) is 5.75 Å². The number of fused-ring (bicyclic) bond motifs is 1. The van der Waals surface area contributed by atoms with E-state index in [0.717, 1.165) is 22.2 Å². The van der Waals surface area contributed by atoms with Crippen LogP contribution in [0.25, 0.3) is 10.9 Å². The van der Waals surface area contributed by atoms with Gasteiger partial charge in [0.05, 0.1) is 33.5 Å². The van der Waals surface area contributed by atoms with Gasteiger partial charge in [-0.25, -0.2) is 5.48 Å². The predicted octanol–water partition coefficient (Wildman–Crippen LogP) is 5.05. The Bertz CT molecular complexity index is 1240. The first-order valence-electron chi connectivity index (χ1n) is 10.9. The first kappa shape index (κ1) is 24.3. The number of aromatic nitrogens is 1. The third-order valence-electron chi connectivity index (χ3n) is 6.06. The Morgan fingerprint density at radius 2 is 1.91 bits per heavy atom. The molecule has 3 aromatic rings. The number of amides is 1. The Kier molecular flexibility index (Phi) is 6.98. The number of ether oxygens (including phenoxy) is 2. The number of pyridine rings is 1. The third kappa shape index (κ3) is 4.69. The lowest BCUT2D eigenvalue weighted by molar-refractivity contribution is -0.152. The molecule has 1 aliphatic rings. The van der Waals surface area contributed by atoms with Crippen LogP contribution >= 0.6 is 23.2 Å². The summed E-state index contributed by atoms with van der Waals surface area (Å²) in [4.78, 5) is 29.1. The number of hydrogen-bond acceptors (Lipinski definition) is 6. The van der Waals surface area contributed by atoms with E-state index >= 15 is 0 Å². The van der Waals surface area contributed by atoms with Crippen LogP contribution in [0.4, 0.5) is 0 Å². The molecule has 0 bridgehead atoms. The van der Waals surface area contributed by atoms with Gasteiger partial charge in [-0.2, -0.15) is 0 Å². The maximum absolute atomic E-state index is 12.6. The Morgan fingerprint density at radius 3 is 2.59 bits per heavy atom. The molecule has 7 nitrogen and oxygen atoms in total. The standard InChI is InChI=1S/C25H24Cl2N2O5/c1-3-33-24(31)25(12-18(25)23(30)29-32)11-15-9-19(26)22(20(27)10-15)34-13-16-8-14(2)28-21-7-5-4-6-17(16)21/h4-10,18,32H,3,11-13H2,1-2H3,(H,29,30). The van der Waals surface area contributed by atoms with Crippen molar-refractivity contribution in [2.24, 2.45) is 11.3 Å². The van der Waals surface area contributed by atoms with E-state index in [1.807, 2.05) is 37.3 Å². The molecular formula is C25H24Cl2N2O5. The number of nitrogens with one attached hydrogen (secondary N) is 1. The average molecular weight is 503 g/mol. The van der Waals surface area contributed by atoms with Crippen molar-refractivity contribution in [3.8, 4) is 5.75 Å². The summed E-state index contributed by atoms with van der Waals surface area (Å²) < 4.78 is 11.2. The molecule has 0 radical (unpaired) electrons. The van der Waals surface area contributed by atoms with Crippen LogP contribution in [0, 0.1) is 18.3 Å². The second kappa shape index (κ2) is 9.78. The highest BCUT2D eigenvalue weighted by Gasteiger charge is 2.64. The molecule has 34 heavy (non-hydrogen) atoms. The normalized spacial score (nSPS) is 19.0. The summed E-state index contributed by atoms with van der Waals surface area (Å²) in [7, 11) is 0. The zero-order valence-corrected chi connectivity index (χ0v) is 20.2. The van der Waals surface area contributed by atoms with Crippen molar-refractivity contribution < 1.29 is 24.3 Å². The van der Waals surface area contributed by atoms with Gasteiger partial charge < -0.3 is 9.47 Å². The molecule has 0 saturated heterocycles. The van der Waals surface area contributed by atoms with Crippen LogP contribution < -0.4 is 10.2 Å².